The maximum absolute atomic E-state index is 12.9. The number of aromatic nitrogens is 1. The summed E-state index contributed by atoms with van der Waals surface area (Å²) in [5, 5.41) is 0. The Balaban J connectivity index is 2.06. The van der Waals surface area contributed by atoms with E-state index in [0.717, 1.165) is 5.75 Å². The first-order valence-corrected chi connectivity index (χ1v) is 11.5. The Morgan fingerprint density at radius 1 is 1.00 bits per heavy atom. The van der Waals surface area contributed by atoms with E-state index in [4.69, 9.17) is 37.4 Å². The largest absolute Gasteiger partial charge is 0.494 e. The van der Waals surface area contributed by atoms with Crippen molar-refractivity contribution in [1.82, 2.24) is 4.98 Å². The van der Waals surface area contributed by atoms with Gasteiger partial charge in [-0.05, 0) is 61.1 Å². The quantitative estimate of drug-likeness (QED) is 0.319. The lowest BCUT2D eigenvalue weighted by molar-refractivity contribution is -0.154. The molecule has 0 saturated heterocycles. The van der Waals surface area contributed by atoms with Crippen molar-refractivity contribution in [3.63, 3.8) is 0 Å². The normalized spacial score (nSPS) is 12.9. The lowest BCUT2D eigenvalue weighted by Gasteiger charge is -2.29. The second-order valence-electron chi connectivity index (χ2n) is 8.13. The number of benzene rings is 1. The summed E-state index contributed by atoms with van der Waals surface area (Å²) in [5.41, 5.74) is 0.594. The van der Waals surface area contributed by atoms with Crippen molar-refractivity contribution in [3.05, 3.63) is 58.7 Å². The molecule has 1 aromatic carbocycles. The second-order valence-corrected chi connectivity index (χ2v) is 9.14. The maximum atomic E-state index is 12.9. The van der Waals surface area contributed by atoms with Gasteiger partial charge in [0.1, 0.15) is 22.6 Å². The van der Waals surface area contributed by atoms with Gasteiger partial charge in [0.2, 0.25) is 5.88 Å². The van der Waals surface area contributed by atoms with Crippen LogP contribution in [0.15, 0.2) is 53.0 Å². The highest BCUT2D eigenvalue weighted by Crippen LogP contribution is 2.32. The van der Waals surface area contributed by atoms with Crippen molar-refractivity contribution in [3.8, 4) is 17.4 Å². The van der Waals surface area contributed by atoms with E-state index in [2.05, 4.69) is 4.98 Å². The van der Waals surface area contributed by atoms with Gasteiger partial charge in [-0.25, -0.2) is 4.98 Å². The molecule has 0 bridgehead atoms. The Morgan fingerprint density at radius 2 is 1.66 bits per heavy atom. The molecule has 2 aromatic rings. The summed E-state index contributed by atoms with van der Waals surface area (Å²) < 4.78 is 17.0. The number of halogens is 2. The Labute approximate surface area is 200 Å². The summed E-state index contributed by atoms with van der Waals surface area (Å²) in [6.45, 7) is 10.6. The molecule has 0 radical (unpaired) electrons. The van der Waals surface area contributed by atoms with Crippen LogP contribution in [0.3, 0.4) is 0 Å². The van der Waals surface area contributed by atoms with E-state index in [1.807, 2.05) is 65.0 Å². The van der Waals surface area contributed by atoms with Crippen LogP contribution in [0.2, 0.25) is 0 Å². The highest BCUT2D eigenvalue weighted by molar-refractivity contribution is 6.55. The molecule has 1 aromatic heterocycles. The van der Waals surface area contributed by atoms with E-state index in [1.54, 1.807) is 18.2 Å². The van der Waals surface area contributed by atoms with Crippen molar-refractivity contribution in [2.24, 2.45) is 23.7 Å². The molecule has 0 amide bonds. The highest BCUT2D eigenvalue weighted by Gasteiger charge is 2.33. The van der Waals surface area contributed by atoms with Gasteiger partial charge < -0.3 is 14.2 Å². The van der Waals surface area contributed by atoms with Crippen LogP contribution in [-0.4, -0.2) is 17.6 Å². The van der Waals surface area contributed by atoms with Crippen LogP contribution in [-0.2, 0) is 16.1 Å². The summed E-state index contributed by atoms with van der Waals surface area (Å²) in [5.74, 6) is 1.26. The first kappa shape index (κ1) is 26.0. The Hall–Kier alpha value is -2.24. The molecule has 1 heterocycles. The fourth-order valence-electron chi connectivity index (χ4n) is 3.46. The molecule has 0 aliphatic carbocycles. The van der Waals surface area contributed by atoms with Crippen molar-refractivity contribution >= 4 is 29.2 Å². The number of hydrogen-bond donors (Lipinski definition) is 0. The van der Waals surface area contributed by atoms with Gasteiger partial charge in [0.25, 0.3) is 0 Å². The fraction of sp³-hybridized carbons (Fsp3) is 0.440. The molecular weight excluding hydrogens is 449 g/mol. The van der Waals surface area contributed by atoms with E-state index < -0.39 is 0 Å². The SMILES string of the molecule is CCOc1ccc(Oc2cccc(COC(=O)C(C(C)C)C(C=C(Cl)Cl)C(C)C)n2)cc1. The number of pyridine rings is 1. The van der Waals surface area contributed by atoms with Gasteiger partial charge in [-0.2, -0.15) is 0 Å². The topological polar surface area (TPSA) is 57.7 Å². The van der Waals surface area contributed by atoms with Crippen molar-refractivity contribution in [2.75, 3.05) is 6.61 Å². The Bertz CT molecular complexity index is 893. The summed E-state index contributed by atoms with van der Waals surface area (Å²) in [4.78, 5) is 17.4. The van der Waals surface area contributed by atoms with Gasteiger partial charge in [0.05, 0.1) is 18.2 Å². The molecule has 2 rings (SSSR count). The number of hydrogen-bond acceptors (Lipinski definition) is 5. The van der Waals surface area contributed by atoms with E-state index in [0.29, 0.717) is 23.9 Å². The zero-order chi connectivity index (χ0) is 23.7. The van der Waals surface area contributed by atoms with Crippen LogP contribution in [0.25, 0.3) is 0 Å². The Morgan fingerprint density at radius 3 is 2.22 bits per heavy atom. The molecule has 2 atom stereocenters. The van der Waals surface area contributed by atoms with E-state index >= 15 is 0 Å². The molecule has 0 spiro atoms. The van der Waals surface area contributed by atoms with Gasteiger partial charge in [0, 0.05) is 6.07 Å². The van der Waals surface area contributed by atoms with Crippen molar-refractivity contribution in [1.29, 1.82) is 0 Å². The smallest absolute Gasteiger partial charge is 0.310 e. The van der Waals surface area contributed by atoms with Crippen LogP contribution < -0.4 is 9.47 Å². The average molecular weight is 480 g/mol. The number of allylic oxidation sites excluding steroid dienone is 1. The first-order chi connectivity index (χ1) is 15.2. The van der Waals surface area contributed by atoms with Crippen molar-refractivity contribution in [2.45, 2.75) is 41.2 Å². The summed E-state index contributed by atoms with van der Waals surface area (Å²) >= 11 is 11.8. The predicted octanol–water partition coefficient (Wildman–Crippen LogP) is 7.18. The minimum atomic E-state index is -0.370. The number of rotatable bonds is 11. The third-order valence-electron chi connectivity index (χ3n) is 4.99. The number of nitrogens with zero attached hydrogens (tertiary/aromatic N) is 1. The average Bonchev–Trinajstić information content (AvgIpc) is 2.73. The summed E-state index contributed by atoms with van der Waals surface area (Å²) in [6, 6.07) is 12.7. The number of carbonyl (C=O) groups excluding carboxylic acids is 1. The van der Waals surface area contributed by atoms with Gasteiger partial charge in [0.15, 0.2) is 0 Å². The highest BCUT2D eigenvalue weighted by atomic mass is 35.5. The lowest BCUT2D eigenvalue weighted by Crippen LogP contribution is -2.32. The summed E-state index contributed by atoms with van der Waals surface area (Å²) in [7, 11) is 0. The van der Waals surface area contributed by atoms with Crippen molar-refractivity contribution < 1.29 is 19.0 Å². The first-order valence-electron chi connectivity index (χ1n) is 10.8. The minimum Gasteiger partial charge on any atom is -0.494 e. The van der Waals surface area contributed by atoms with Crippen LogP contribution in [0, 0.1) is 23.7 Å². The molecule has 5 nitrogen and oxygen atoms in total. The zero-order valence-electron chi connectivity index (χ0n) is 19.2. The molecule has 0 N–H and O–H groups in total. The molecule has 32 heavy (non-hydrogen) atoms. The maximum Gasteiger partial charge on any atom is 0.310 e. The number of carbonyl (C=O) groups is 1. The number of ether oxygens (including phenoxy) is 3. The van der Waals surface area contributed by atoms with E-state index in [9.17, 15) is 4.79 Å². The third kappa shape index (κ3) is 8.03. The molecule has 0 aliphatic rings. The zero-order valence-corrected chi connectivity index (χ0v) is 20.7. The monoisotopic (exact) mass is 479 g/mol. The lowest BCUT2D eigenvalue weighted by atomic mass is 9.77. The van der Waals surface area contributed by atoms with E-state index in [1.165, 1.54) is 0 Å². The van der Waals surface area contributed by atoms with Gasteiger partial charge in [-0.3, -0.25) is 4.79 Å². The van der Waals surface area contributed by atoms with Crippen LogP contribution in [0.1, 0.15) is 40.3 Å². The van der Waals surface area contributed by atoms with Crippen LogP contribution in [0.4, 0.5) is 0 Å². The van der Waals surface area contributed by atoms with Crippen LogP contribution >= 0.6 is 23.2 Å². The molecule has 0 fully saturated rings. The molecular formula is C25H31Cl2NO4. The number of esters is 1. The third-order valence-corrected chi connectivity index (χ3v) is 5.25. The molecule has 0 saturated carbocycles. The summed E-state index contributed by atoms with van der Waals surface area (Å²) in [6.07, 6.45) is 1.73. The molecule has 7 heteroatoms. The van der Waals surface area contributed by atoms with Gasteiger partial charge in [-0.1, -0.05) is 57.0 Å². The van der Waals surface area contributed by atoms with E-state index in [-0.39, 0.29) is 40.7 Å². The van der Waals surface area contributed by atoms with Gasteiger partial charge in [-0.15, -0.1) is 0 Å². The molecule has 2 unspecified atom stereocenters. The predicted molar refractivity (Wildman–Crippen MR) is 128 cm³/mol. The standard InChI is InChI=1S/C25H31Cl2NO4/c1-6-30-19-10-12-20(13-11-19)32-23-9-7-8-18(28-23)15-31-25(29)24(17(4)5)21(16(2)3)14-22(26)27/h7-14,16-17,21,24H,6,15H2,1-5H3. The second kappa shape index (κ2) is 12.7. The fourth-order valence-corrected chi connectivity index (χ4v) is 3.75. The molecule has 0 aliphatic heterocycles. The Kier molecular flexibility index (Phi) is 10.3. The molecule has 174 valence electrons. The van der Waals surface area contributed by atoms with Crippen LogP contribution in [0.5, 0.6) is 17.4 Å². The minimum absolute atomic E-state index is 0.0473. The van der Waals surface area contributed by atoms with Gasteiger partial charge >= 0.3 is 5.97 Å².